The van der Waals surface area contributed by atoms with E-state index in [1.807, 2.05) is 7.05 Å². The van der Waals surface area contributed by atoms with E-state index >= 15 is 0 Å². The predicted molar refractivity (Wildman–Crippen MR) is 68.6 cm³/mol. The number of aromatic nitrogens is 1. The van der Waals surface area contributed by atoms with Crippen LogP contribution in [0, 0.1) is 0 Å². The molecule has 17 heavy (non-hydrogen) atoms. The van der Waals surface area contributed by atoms with Crippen molar-refractivity contribution in [2.75, 3.05) is 7.05 Å². The van der Waals surface area contributed by atoms with E-state index in [-0.39, 0.29) is 5.01 Å². The summed E-state index contributed by atoms with van der Waals surface area (Å²) in [6, 6.07) is 2.09. The third-order valence-corrected chi connectivity index (χ3v) is 3.81. The van der Waals surface area contributed by atoms with E-state index in [4.69, 9.17) is 5.11 Å². The van der Waals surface area contributed by atoms with Gasteiger partial charge in [-0.25, -0.2) is 9.78 Å². The zero-order valence-corrected chi connectivity index (χ0v) is 10.9. The van der Waals surface area contributed by atoms with Crippen molar-refractivity contribution < 1.29 is 9.90 Å². The van der Waals surface area contributed by atoms with Crippen molar-refractivity contribution in [1.82, 2.24) is 9.88 Å². The molecule has 90 valence electrons. The van der Waals surface area contributed by atoms with Gasteiger partial charge in [-0.05, 0) is 29.4 Å². The average molecular weight is 268 g/mol. The quantitative estimate of drug-likeness (QED) is 0.905. The summed E-state index contributed by atoms with van der Waals surface area (Å²) in [6.45, 7) is 1.52. The van der Waals surface area contributed by atoms with Crippen LogP contribution < -0.4 is 0 Å². The molecule has 0 atom stereocenters. The van der Waals surface area contributed by atoms with Gasteiger partial charge in [0.25, 0.3) is 0 Å². The lowest BCUT2D eigenvalue weighted by molar-refractivity contribution is 0.0696. The van der Waals surface area contributed by atoms with Crippen LogP contribution in [-0.2, 0) is 13.1 Å². The van der Waals surface area contributed by atoms with Crippen molar-refractivity contribution in [2.45, 2.75) is 13.1 Å². The van der Waals surface area contributed by atoms with Crippen LogP contribution in [0.25, 0.3) is 0 Å². The van der Waals surface area contributed by atoms with Gasteiger partial charge in [0.05, 0.1) is 5.69 Å². The SMILES string of the molecule is CN(Cc1ccsc1)Cc1csc(C(=O)O)n1. The number of carboxylic acids is 1. The Balaban J connectivity index is 1.93. The molecular weight excluding hydrogens is 256 g/mol. The molecule has 0 aliphatic carbocycles. The van der Waals surface area contributed by atoms with Gasteiger partial charge in [-0.15, -0.1) is 11.3 Å². The van der Waals surface area contributed by atoms with E-state index in [1.54, 1.807) is 16.7 Å². The number of thiazole rings is 1. The minimum absolute atomic E-state index is 0.156. The second-order valence-electron chi connectivity index (χ2n) is 3.75. The second-order valence-corrected chi connectivity index (χ2v) is 5.39. The Kier molecular flexibility index (Phi) is 3.88. The Labute approximate surface area is 107 Å². The lowest BCUT2D eigenvalue weighted by atomic mass is 10.3. The Morgan fingerprint density at radius 2 is 2.29 bits per heavy atom. The lowest BCUT2D eigenvalue weighted by Gasteiger charge is -2.13. The highest BCUT2D eigenvalue weighted by Gasteiger charge is 2.10. The maximum Gasteiger partial charge on any atom is 0.365 e. The number of rotatable bonds is 5. The van der Waals surface area contributed by atoms with Crippen molar-refractivity contribution in [1.29, 1.82) is 0 Å². The molecule has 0 unspecified atom stereocenters. The van der Waals surface area contributed by atoms with E-state index in [2.05, 4.69) is 26.7 Å². The van der Waals surface area contributed by atoms with Crippen molar-refractivity contribution >= 4 is 28.6 Å². The largest absolute Gasteiger partial charge is 0.476 e. The van der Waals surface area contributed by atoms with E-state index in [9.17, 15) is 4.79 Å². The normalized spacial score (nSPS) is 10.9. The monoisotopic (exact) mass is 268 g/mol. The van der Waals surface area contributed by atoms with Crippen molar-refractivity contribution in [3.8, 4) is 0 Å². The molecule has 0 aromatic carbocycles. The molecule has 1 N–H and O–H groups in total. The zero-order valence-electron chi connectivity index (χ0n) is 9.29. The molecule has 0 radical (unpaired) electrons. The molecule has 2 aromatic rings. The van der Waals surface area contributed by atoms with Gasteiger partial charge in [-0.1, -0.05) is 0 Å². The standard InChI is InChI=1S/C11H12N2O2S2/c1-13(4-8-2-3-16-6-8)5-9-7-17-10(12-9)11(14)15/h2-3,6-7H,4-5H2,1H3,(H,14,15). The average Bonchev–Trinajstić information content (AvgIpc) is 2.88. The number of nitrogens with zero attached hydrogens (tertiary/aromatic N) is 2. The van der Waals surface area contributed by atoms with Crippen LogP contribution in [0.3, 0.4) is 0 Å². The maximum absolute atomic E-state index is 10.7. The molecule has 0 bridgehead atoms. The first-order chi connectivity index (χ1) is 8.15. The second kappa shape index (κ2) is 5.39. The van der Waals surface area contributed by atoms with Gasteiger partial charge in [0, 0.05) is 18.5 Å². The molecule has 0 saturated carbocycles. The Morgan fingerprint density at radius 1 is 1.47 bits per heavy atom. The Hall–Kier alpha value is -1.24. The van der Waals surface area contributed by atoms with Crippen LogP contribution in [0.5, 0.6) is 0 Å². The summed E-state index contributed by atoms with van der Waals surface area (Å²) in [7, 11) is 2.00. The van der Waals surface area contributed by atoms with Crippen LogP contribution in [0.15, 0.2) is 22.2 Å². The third-order valence-electron chi connectivity index (χ3n) is 2.20. The van der Waals surface area contributed by atoms with Gasteiger partial charge >= 0.3 is 5.97 Å². The lowest BCUT2D eigenvalue weighted by Crippen LogP contribution is -2.17. The van der Waals surface area contributed by atoms with Gasteiger partial charge in [-0.3, -0.25) is 4.90 Å². The van der Waals surface area contributed by atoms with Crippen LogP contribution in [0.1, 0.15) is 21.1 Å². The fourth-order valence-electron chi connectivity index (χ4n) is 1.50. The summed E-state index contributed by atoms with van der Waals surface area (Å²) in [5.41, 5.74) is 2.08. The predicted octanol–water partition coefficient (Wildman–Crippen LogP) is 2.53. The molecule has 0 fully saturated rings. The molecule has 0 saturated heterocycles. The molecule has 2 aromatic heterocycles. The number of hydrogen-bond acceptors (Lipinski definition) is 5. The fourth-order valence-corrected chi connectivity index (χ4v) is 2.81. The molecule has 6 heteroatoms. The molecule has 2 rings (SSSR count). The maximum atomic E-state index is 10.7. The van der Waals surface area contributed by atoms with Gasteiger partial charge in [-0.2, -0.15) is 11.3 Å². The third kappa shape index (κ3) is 3.36. The van der Waals surface area contributed by atoms with Gasteiger partial charge in [0.1, 0.15) is 0 Å². The highest BCUT2D eigenvalue weighted by Crippen LogP contribution is 2.13. The summed E-state index contributed by atoms with van der Waals surface area (Å²) in [6.07, 6.45) is 0. The van der Waals surface area contributed by atoms with Gasteiger partial charge < -0.3 is 5.11 Å². The van der Waals surface area contributed by atoms with E-state index in [1.165, 1.54) is 16.9 Å². The smallest absolute Gasteiger partial charge is 0.365 e. The first kappa shape index (κ1) is 12.2. The van der Waals surface area contributed by atoms with E-state index in [0.29, 0.717) is 6.54 Å². The van der Waals surface area contributed by atoms with E-state index < -0.39 is 5.97 Å². The first-order valence-electron chi connectivity index (χ1n) is 5.02. The molecule has 0 aliphatic heterocycles. The first-order valence-corrected chi connectivity index (χ1v) is 6.84. The summed E-state index contributed by atoms with van der Waals surface area (Å²) < 4.78 is 0. The number of hydrogen-bond donors (Lipinski definition) is 1. The minimum atomic E-state index is -0.957. The van der Waals surface area contributed by atoms with Crippen LogP contribution in [0.2, 0.25) is 0 Å². The van der Waals surface area contributed by atoms with Gasteiger partial charge in [0.2, 0.25) is 5.01 Å². The number of carbonyl (C=O) groups is 1. The Bertz CT molecular complexity index is 493. The van der Waals surface area contributed by atoms with Crippen LogP contribution >= 0.6 is 22.7 Å². The van der Waals surface area contributed by atoms with Gasteiger partial charge in [0.15, 0.2) is 0 Å². The van der Waals surface area contributed by atoms with Crippen LogP contribution in [0.4, 0.5) is 0 Å². The zero-order chi connectivity index (χ0) is 12.3. The summed E-state index contributed by atoms with van der Waals surface area (Å²) in [5, 5.41) is 14.9. The Morgan fingerprint density at radius 3 is 2.88 bits per heavy atom. The van der Waals surface area contributed by atoms with Crippen molar-refractivity contribution in [3.63, 3.8) is 0 Å². The molecule has 4 nitrogen and oxygen atoms in total. The number of carboxylic acid groups (broad SMARTS) is 1. The number of aromatic carboxylic acids is 1. The van der Waals surface area contributed by atoms with Crippen LogP contribution in [-0.4, -0.2) is 28.0 Å². The summed E-state index contributed by atoms with van der Waals surface area (Å²) in [5.74, 6) is -0.957. The minimum Gasteiger partial charge on any atom is -0.476 e. The molecular formula is C11H12N2O2S2. The highest BCUT2D eigenvalue weighted by atomic mass is 32.1. The summed E-state index contributed by atoms with van der Waals surface area (Å²) >= 11 is 2.85. The topological polar surface area (TPSA) is 53.4 Å². The number of thiophene rings is 1. The molecule has 0 amide bonds. The highest BCUT2D eigenvalue weighted by molar-refractivity contribution is 7.11. The van der Waals surface area contributed by atoms with Crippen molar-refractivity contribution in [3.05, 3.63) is 38.5 Å². The van der Waals surface area contributed by atoms with E-state index in [0.717, 1.165) is 12.2 Å². The van der Waals surface area contributed by atoms with Crippen molar-refractivity contribution in [2.24, 2.45) is 0 Å². The molecule has 0 spiro atoms. The fraction of sp³-hybridized carbons (Fsp3) is 0.273. The molecule has 2 heterocycles. The summed E-state index contributed by atoms with van der Waals surface area (Å²) in [4.78, 5) is 16.9. The molecule has 0 aliphatic rings.